The van der Waals surface area contributed by atoms with E-state index < -0.39 is 5.97 Å². The summed E-state index contributed by atoms with van der Waals surface area (Å²) < 4.78 is 6.60. The smallest absolute Gasteiger partial charge is 0.325 e. The predicted octanol–water partition coefficient (Wildman–Crippen LogP) is 2.91. The van der Waals surface area contributed by atoms with Gasteiger partial charge in [-0.1, -0.05) is 0 Å². The minimum atomic E-state index is -0.433. The van der Waals surface area contributed by atoms with Crippen molar-refractivity contribution < 1.29 is 14.3 Å². The number of carbonyl (C=O) groups excluding carboxylic acids is 2. The molecular weight excluding hydrogens is 332 g/mol. The molecule has 0 radical (unpaired) electrons. The van der Waals surface area contributed by atoms with Crippen molar-refractivity contribution in [3.63, 3.8) is 0 Å². The van der Waals surface area contributed by atoms with E-state index in [1.165, 1.54) is 12.0 Å². The summed E-state index contributed by atoms with van der Waals surface area (Å²) in [6.45, 7) is 7.78. The van der Waals surface area contributed by atoms with Crippen LogP contribution in [0.2, 0.25) is 0 Å². The number of pyridine rings is 1. The minimum absolute atomic E-state index is 0.0755. The molecule has 2 aromatic rings. The van der Waals surface area contributed by atoms with E-state index in [0.29, 0.717) is 11.5 Å². The van der Waals surface area contributed by atoms with Crippen LogP contribution in [-0.2, 0) is 9.53 Å². The molecule has 26 heavy (non-hydrogen) atoms. The molecule has 1 fully saturated rings. The molecule has 0 N–H and O–H groups in total. The molecular formula is C19H26N4O3. The Bertz CT molecular complexity index is 837. The third-order valence-corrected chi connectivity index (χ3v) is 4.71. The highest BCUT2D eigenvalue weighted by molar-refractivity contribution is 6.06. The van der Waals surface area contributed by atoms with Crippen molar-refractivity contribution in [2.24, 2.45) is 0 Å². The Balaban J connectivity index is 2.09. The van der Waals surface area contributed by atoms with Crippen molar-refractivity contribution in [2.45, 2.75) is 58.5 Å². The number of hydrogen-bond donors (Lipinski definition) is 0. The average Bonchev–Trinajstić information content (AvgIpc) is 3.36. The third-order valence-electron chi connectivity index (χ3n) is 4.71. The van der Waals surface area contributed by atoms with Crippen LogP contribution in [-0.4, -0.2) is 51.2 Å². The Kier molecular flexibility index (Phi) is 4.98. The van der Waals surface area contributed by atoms with Crippen molar-refractivity contribution >= 4 is 22.9 Å². The van der Waals surface area contributed by atoms with Crippen molar-refractivity contribution in [1.29, 1.82) is 0 Å². The minimum Gasteiger partial charge on any atom is -0.468 e. The number of methoxy groups -OCH3 is 1. The highest BCUT2D eigenvalue weighted by Crippen LogP contribution is 2.40. The molecule has 0 atom stereocenters. The van der Waals surface area contributed by atoms with Crippen LogP contribution in [0.1, 0.15) is 68.5 Å². The van der Waals surface area contributed by atoms with Crippen LogP contribution in [0.5, 0.6) is 0 Å². The lowest BCUT2D eigenvalue weighted by Crippen LogP contribution is -2.41. The second-order valence-electron chi connectivity index (χ2n) is 7.39. The van der Waals surface area contributed by atoms with Crippen LogP contribution in [0.4, 0.5) is 0 Å². The van der Waals surface area contributed by atoms with Crippen LogP contribution in [0, 0.1) is 0 Å². The van der Waals surface area contributed by atoms with E-state index in [9.17, 15) is 9.59 Å². The second kappa shape index (κ2) is 7.05. The van der Waals surface area contributed by atoms with Gasteiger partial charge in [-0.3, -0.25) is 9.59 Å². The summed E-state index contributed by atoms with van der Waals surface area (Å²) >= 11 is 0. The number of rotatable bonds is 6. The third kappa shape index (κ3) is 3.43. The fourth-order valence-corrected chi connectivity index (χ4v) is 3.03. The molecule has 1 aliphatic rings. The summed E-state index contributed by atoms with van der Waals surface area (Å²) in [5.74, 6) is -0.213. The van der Waals surface area contributed by atoms with Gasteiger partial charge in [0.25, 0.3) is 5.91 Å². The summed E-state index contributed by atoms with van der Waals surface area (Å²) in [6.07, 6.45) is 3.89. The molecule has 0 unspecified atom stereocenters. The van der Waals surface area contributed by atoms with Gasteiger partial charge < -0.3 is 9.64 Å². The number of fused-ring (bicyclic) bond motifs is 1. The van der Waals surface area contributed by atoms with Crippen LogP contribution in [0.15, 0.2) is 12.3 Å². The number of nitrogens with zero attached hydrogens (tertiary/aromatic N) is 4. The van der Waals surface area contributed by atoms with Gasteiger partial charge >= 0.3 is 5.97 Å². The average molecular weight is 358 g/mol. The zero-order valence-corrected chi connectivity index (χ0v) is 16.0. The second-order valence-corrected chi connectivity index (χ2v) is 7.39. The Labute approximate surface area is 153 Å². The quantitative estimate of drug-likeness (QED) is 0.742. The monoisotopic (exact) mass is 358 g/mol. The van der Waals surface area contributed by atoms with Crippen molar-refractivity contribution in [1.82, 2.24) is 19.7 Å². The summed E-state index contributed by atoms with van der Waals surface area (Å²) in [4.78, 5) is 31.4. The standard InChI is InChI=1S/C19H26N4O3/c1-11(2)22(10-17(24)26-5)19(25)14-8-16(13-6-7-13)21-18-15(14)9-20-23(18)12(3)4/h8-9,11-13H,6-7,10H2,1-5H3. The van der Waals surface area contributed by atoms with E-state index in [2.05, 4.69) is 5.10 Å². The van der Waals surface area contributed by atoms with Crippen LogP contribution in [0.3, 0.4) is 0 Å². The first-order chi connectivity index (χ1) is 12.3. The molecule has 2 aromatic heterocycles. The van der Waals surface area contributed by atoms with E-state index in [1.807, 2.05) is 38.4 Å². The maximum atomic E-state index is 13.3. The number of ether oxygens (including phenoxy) is 1. The van der Waals surface area contributed by atoms with E-state index in [0.717, 1.165) is 29.6 Å². The van der Waals surface area contributed by atoms with Gasteiger partial charge in [0.2, 0.25) is 0 Å². The largest absolute Gasteiger partial charge is 0.468 e. The first kappa shape index (κ1) is 18.4. The number of esters is 1. The predicted molar refractivity (Wildman–Crippen MR) is 98.1 cm³/mol. The molecule has 0 aliphatic heterocycles. The Hall–Kier alpha value is -2.44. The molecule has 1 saturated carbocycles. The normalized spacial score (nSPS) is 14.3. The summed E-state index contributed by atoms with van der Waals surface area (Å²) in [5.41, 5.74) is 2.22. The van der Waals surface area contributed by atoms with E-state index in [4.69, 9.17) is 9.72 Å². The van der Waals surface area contributed by atoms with Gasteiger partial charge in [0.1, 0.15) is 6.54 Å². The number of hydrogen-bond acceptors (Lipinski definition) is 5. The van der Waals surface area contributed by atoms with Gasteiger partial charge in [0, 0.05) is 23.7 Å². The lowest BCUT2D eigenvalue weighted by Gasteiger charge is -2.26. The van der Waals surface area contributed by atoms with Gasteiger partial charge in [0.15, 0.2) is 5.65 Å². The molecule has 7 heteroatoms. The van der Waals surface area contributed by atoms with Gasteiger partial charge in [-0.2, -0.15) is 5.10 Å². The zero-order valence-electron chi connectivity index (χ0n) is 16.0. The fourth-order valence-electron chi connectivity index (χ4n) is 3.03. The zero-order chi connectivity index (χ0) is 19.0. The topological polar surface area (TPSA) is 77.3 Å². The molecule has 7 nitrogen and oxygen atoms in total. The maximum Gasteiger partial charge on any atom is 0.325 e. The fraction of sp³-hybridized carbons (Fsp3) is 0.579. The van der Waals surface area contributed by atoms with Crippen molar-refractivity contribution in [2.75, 3.05) is 13.7 Å². The molecule has 0 aromatic carbocycles. The van der Waals surface area contributed by atoms with Gasteiger partial charge in [-0.05, 0) is 46.6 Å². The van der Waals surface area contributed by atoms with Gasteiger partial charge in [-0.25, -0.2) is 9.67 Å². The van der Waals surface area contributed by atoms with Crippen LogP contribution < -0.4 is 0 Å². The number of amides is 1. The van der Waals surface area contributed by atoms with Crippen molar-refractivity contribution in [3.8, 4) is 0 Å². The Morgan fingerprint density at radius 1 is 1.31 bits per heavy atom. The molecule has 0 saturated heterocycles. The van der Waals surface area contributed by atoms with Crippen molar-refractivity contribution in [3.05, 3.63) is 23.5 Å². The van der Waals surface area contributed by atoms with E-state index in [-0.39, 0.29) is 24.5 Å². The van der Waals surface area contributed by atoms with Crippen LogP contribution >= 0.6 is 0 Å². The van der Waals surface area contributed by atoms with Gasteiger partial charge in [0.05, 0.1) is 24.3 Å². The molecule has 0 bridgehead atoms. The highest BCUT2D eigenvalue weighted by atomic mass is 16.5. The number of carbonyl (C=O) groups is 2. The van der Waals surface area contributed by atoms with Crippen LogP contribution in [0.25, 0.3) is 11.0 Å². The van der Waals surface area contributed by atoms with Gasteiger partial charge in [-0.15, -0.1) is 0 Å². The number of aromatic nitrogens is 3. The first-order valence-electron chi connectivity index (χ1n) is 9.09. The molecule has 1 aliphatic carbocycles. The Morgan fingerprint density at radius 2 is 2.00 bits per heavy atom. The van der Waals surface area contributed by atoms with E-state index >= 15 is 0 Å². The molecule has 0 spiro atoms. The summed E-state index contributed by atoms with van der Waals surface area (Å²) in [6, 6.07) is 1.89. The molecule has 2 heterocycles. The first-order valence-corrected chi connectivity index (χ1v) is 9.09. The Morgan fingerprint density at radius 3 is 2.54 bits per heavy atom. The maximum absolute atomic E-state index is 13.3. The SMILES string of the molecule is COC(=O)CN(C(=O)c1cc(C2CC2)nc2c1cnn2C(C)C)C(C)C. The lowest BCUT2D eigenvalue weighted by molar-refractivity contribution is -0.141. The van der Waals surface area contributed by atoms with E-state index in [1.54, 1.807) is 6.20 Å². The lowest BCUT2D eigenvalue weighted by atomic mass is 10.1. The molecule has 3 rings (SSSR count). The summed E-state index contributed by atoms with van der Waals surface area (Å²) in [5, 5.41) is 5.16. The molecule has 140 valence electrons. The highest BCUT2D eigenvalue weighted by Gasteiger charge is 2.30. The molecule has 1 amide bonds. The summed E-state index contributed by atoms with van der Waals surface area (Å²) in [7, 11) is 1.33.